The van der Waals surface area contributed by atoms with E-state index in [-0.39, 0.29) is 36.1 Å². The van der Waals surface area contributed by atoms with E-state index < -0.39 is 15.8 Å². The largest absolute Gasteiger partial charge is 0.335 e. The Morgan fingerprint density at radius 2 is 1.63 bits per heavy atom. The van der Waals surface area contributed by atoms with Crippen molar-refractivity contribution in [1.82, 2.24) is 14.9 Å². The molecule has 0 radical (unpaired) electrons. The van der Waals surface area contributed by atoms with E-state index in [4.69, 9.17) is 0 Å². The molecule has 2 fully saturated rings. The summed E-state index contributed by atoms with van der Waals surface area (Å²) in [6, 6.07) is 3.87. The van der Waals surface area contributed by atoms with Crippen LogP contribution in [0.3, 0.4) is 0 Å². The Morgan fingerprint density at radius 1 is 1.04 bits per heavy atom. The van der Waals surface area contributed by atoms with Gasteiger partial charge in [-0.15, -0.1) is 0 Å². The molecule has 3 rings (SSSR count). The van der Waals surface area contributed by atoms with Gasteiger partial charge in [0, 0.05) is 29.6 Å². The number of hydrogen-bond donors (Lipinski definition) is 2. The van der Waals surface area contributed by atoms with E-state index in [0.29, 0.717) is 17.3 Å². The lowest BCUT2D eigenvalue weighted by molar-refractivity contribution is 0.220. The van der Waals surface area contributed by atoms with Crippen LogP contribution in [0.25, 0.3) is 0 Å². The van der Waals surface area contributed by atoms with Gasteiger partial charge in [0.15, 0.2) is 0 Å². The quantitative estimate of drug-likeness (QED) is 0.721. The molecule has 0 bridgehead atoms. The molecular formula is C18H25BrFN3O3S. The van der Waals surface area contributed by atoms with Gasteiger partial charge in [-0.3, -0.25) is 0 Å². The van der Waals surface area contributed by atoms with E-state index in [2.05, 4.69) is 26.6 Å². The minimum absolute atomic E-state index is 0.0765. The molecule has 1 saturated heterocycles. The van der Waals surface area contributed by atoms with Crippen LogP contribution in [0.2, 0.25) is 0 Å². The summed E-state index contributed by atoms with van der Waals surface area (Å²) in [4.78, 5) is 11.8. The van der Waals surface area contributed by atoms with Gasteiger partial charge in [-0.25, -0.2) is 17.6 Å². The van der Waals surface area contributed by atoms with Crippen LogP contribution in [0.1, 0.15) is 44.9 Å². The summed E-state index contributed by atoms with van der Waals surface area (Å²) in [5, 5.41) is 5.96. The second kappa shape index (κ2) is 8.87. The third-order valence-corrected chi connectivity index (χ3v) is 7.65. The Labute approximate surface area is 168 Å². The summed E-state index contributed by atoms with van der Waals surface area (Å²) in [5.41, 5.74) is 0. The number of rotatable bonds is 4. The summed E-state index contributed by atoms with van der Waals surface area (Å²) in [7, 11) is -3.89. The molecule has 2 amide bonds. The molecular weight excluding hydrogens is 437 g/mol. The highest BCUT2D eigenvalue weighted by molar-refractivity contribution is 9.10. The fourth-order valence-electron chi connectivity index (χ4n) is 3.71. The van der Waals surface area contributed by atoms with E-state index in [1.165, 1.54) is 22.9 Å². The number of sulfonamides is 1. The lowest BCUT2D eigenvalue weighted by atomic mass is 9.96. The molecule has 1 aliphatic carbocycles. The Morgan fingerprint density at radius 3 is 2.26 bits per heavy atom. The van der Waals surface area contributed by atoms with Crippen molar-refractivity contribution in [1.29, 1.82) is 0 Å². The van der Waals surface area contributed by atoms with Crippen molar-refractivity contribution in [3.8, 4) is 0 Å². The first kappa shape index (κ1) is 20.5. The average Bonchev–Trinajstić information content (AvgIpc) is 2.65. The molecule has 6 nitrogen and oxygen atoms in total. The molecule has 9 heteroatoms. The van der Waals surface area contributed by atoms with Crippen molar-refractivity contribution in [2.75, 3.05) is 13.1 Å². The van der Waals surface area contributed by atoms with Crippen molar-refractivity contribution >= 4 is 32.0 Å². The highest BCUT2D eigenvalue weighted by Gasteiger charge is 2.32. The standard InChI is InChI=1S/C18H25BrFN3O3S/c19-13-6-7-16(20)17(12-13)27(25,26)23-10-8-15(9-11-23)22-18(24)21-14-4-2-1-3-5-14/h6-7,12,14-15H,1-5,8-11H2,(H2,21,22,24). The lowest BCUT2D eigenvalue weighted by Gasteiger charge is -2.32. The zero-order chi connectivity index (χ0) is 19.4. The van der Waals surface area contributed by atoms with Crippen LogP contribution in [0.4, 0.5) is 9.18 Å². The predicted octanol–water partition coefficient (Wildman–Crippen LogP) is 3.37. The molecule has 2 N–H and O–H groups in total. The summed E-state index contributed by atoms with van der Waals surface area (Å²) >= 11 is 3.19. The highest BCUT2D eigenvalue weighted by atomic mass is 79.9. The first-order valence-electron chi connectivity index (χ1n) is 9.38. The minimum atomic E-state index is -3.89. The van der Waals surface area contributed by atoms with Gasteiger partial charge in [-0.2, -0.15) is 4.31 Å². The molecule has 1 aromatic carbocycles. The van der Waals surface area contributed by atoms with Gasteiger partial charge in [0.2, 0.25) is 10.0 Å². The third-order valence-electron chi connectivity index (χ3n) is 5.24. The van der Waals surface area contributed by atoms with Gasteiger partial charge in [-0.05, 0) is 43.9 Å². The zero-order valence-corrected chi connectivity index (χ0v) is 17.5. The molecule has 0 unspecified atom stereocenters. The summed E-state index contributed by atoms with van der Waals surface area (Å²) in [5.74, 6) is -0.759. The predicted molar refractivity (Wildman–Crippen MR) is 104 cm³/mol. The number of amides is 2. The van der Waals surface area contributed by atoms with Crippen LogP contribution in [-0.4, -0.2) is 43.9 Å². The molecule has 0 atom stereocenters. The van der Waals surface area contributed by atoms with Crippen LogP contribution in [0.5, 0.6) is 0 Å². The van der Waals surface area contributed by atoms with Crippen molar-refractivity contribution in [3.05, 3.63) is 28.5 Å². The molecule has 27 heavy (non-hydrogen) atoms. The van der Waals surface area contributed by atoms with Crippen molar-refractivity contribution in [2.24, 2.45) is 0 Å². The average molecular weight is 462 g/mol. The molecule has 1 heterocycles. The van der Waals surface area contributed by atoms with Crippen molar-refractivity contribution < 1.29 is 17.6 Å². The van der Waals surface area contributed by atoms with Gasteiger partial charge >= 0.3 is 6.03 Å². The van der Waals surface area contributed by atoms with Gasteiger partial charge in [-0.1, -0.05) is 35.2 Å². The number of carbonyl (C=O) groups is 1. The van der Waals surface area contributed by atoms with Crippen LogP contribution in [-0.2, 0) is 10.0 Å². The molecule has 1 aliphatic heterocycles. The van der Waals surface area contributed by atoms with E-state index in [0.717, 1.165) is 31.7 Å². The number of nitrogens with one attached hydrogen (secondary N) is 2. The minimum Gasteiger partial charge on any atom is -0.335 e. The van der Waals surface area contributed by atoms with E-state index in [9.17, 15) is 17.6 Å². The number of urea groups is 1. The van der Waals surface area contributed by atoms with Gasteiger partial charge in [0.1, 0.15) is 10.7 Å². The zero-order valence-electron chi connectivity index (χ0n) is 15.1. The van der Waals surface area contributed by atoms with Crippen LogP contribution >= 0.6 is 15.9 Å². The SMILES string of the molecule is O=C(NC1CCCCC1)NC1CCN(S(=O)(=O)c2cc(Br)ccc2F)CC1. The number of hydrogen-bond acceptors (Lipinski definition) is 3. The molecule has 0 spiro atoms. The van der Waals surface area contributed by atoms with Crippen LogP contribution in [0, 0.1) is 5.82 Å². The van der Waals surface area contributed by atoms with Crippen molar-refractivity contribution in [2.45, 2.75) is 61.9 Å². The Balaban J connectivity index is 1.53. The molecule has 150 valence electrons. The normalized spacial score (nSPS) is 20.4. The number of nitrogens with zero attached hydrogens (tertiary/aromatic N) is 1. The van der Waals surface area contributed by atoms with Crippen LogP contribution < -0.4 is 10.6 Å². The van der Waals surface area contributed by atoms with E-state index >= 15 is 0 Å². The Bertz CT molecular complexity index is 776. The maximum atomic E-state index is 14.0. The van der Waals surface area contributed by atoms with Gasteiger partial charge in [0.25, 0.3) is 0 Å². The monoisotopic (exact) mass is 461 g/mol. The van der Waals surface area contributed by atoms with E-state index in [1.807, 2.05) is 0 Å². The number of piperidine rings is 1. The summed E-state index contributed by atoms with van der Waals surface area (Å²) in [6.45, 7) is 0.505. The van der Waals surface area contributed by atoms with Gasteiger partial charge in [0.05, 0.1) is 0 Å². The second-order valence-corrected chi connectivity index (χ2v) is 10.0. The Hall–Kier alpha value is -1.19. The smallest absolute Gasteiger partial charge is 0.315 e. The molecule has 2 aliphatic rings. The maximum Gasteiger partial charge on any atom is 0.315 e. The first-order valence-corrected chi connectivity index (χ1v) is 11.6. The van der Waals surface area contributed by atoms with Gasteiger partial charge < -0.3 is 10.6 Å². The number of carbonyl (C=O) groups excluding carboxylic acids is 1. The van der Waals surface area contributed by atoms with Crippen LogP contribution in [0.15, 0.2) is 27.6 Å². The fraction of sp³-hybridized carbons (Fsp3) is 0.611. The summed E-state index contributed by atoms with van der Waals surface area (Å²) < 4.78 is 41.2. The molecule has 1 saturated carbocycles. The number of benzene rings is 1. The molecule has 1 aromatic rings. The highest BCUT2D eigenvalue weighted by Crippen LogP contribution is 2.26. The summed E-state index contributed by atoms with van der Waals surface area (Å²) in [6.07, 6.45) is 6.57. The lowest BCUT2D eigenvalue weighted by Crippen LogP contribution is -2.51. The second-order valence-electron chi connectivity index (χ2n) is 7.21. The number of halogens is 2. The van der Waals surface area contributed by atoms with Crippen molar-refractivity contribution in [3.63, 3.8) is 0 Å². The third kappa shape index (κ3) is 5.20. The molecule has 0 aromatic heterocycles. The topological polar surface area (TPSA) is 78.5 Å². The maximum absolute atomic E-state index is 14.0. The fourth-order valence-corrected chi connectivity index (χ4v) is 5.79. The first-order chi connectivity index (χ1) is 12.9. The van der Waals surface area contributed by atoms with E-state index in [1.54, 1.807) is 0 Å². The Kier molecular flexibility index (Phi) is 6.75.